The van der Waals surface area contributed by atoms with Crippen LogP contribution in [0.1, 0.15) is 24.8 Å². The van der Waals surface area contributed by atoms with E-state index in [0.29, 0.717) is 12.5 Å². The van der Waals surface area contributed by atoms with Gasteiger partial charge in [-0.25, -0.2) is 0 Å². The fourth-order valence-electron chi connectivity index (χ4n) is 2.02. The summed E-state index contributed by atoms with van der Waals surface area (Å²) in [7, 11) is 0. The number of rotatable bonds is 8. The van der Waals surface area contributed by atoms with Crippen LogP contribution in [0.5, 0.6) is 5.75 Å². The molecule has 0 aromatic heterocycles. The Morgan fingerprint density at radius 1 is 1.57 bits per heavy atom. The second-order valence-electron chi connectivity index (χ2n) is 5.26. The van der Waals surface area contributed by atoms with E-state index in [1.54, 1.807) is 19.1 Å². The summed E-state index contributed by atoms with van der Waals surface area (Å²) < 4.78 is 5.45. The van der Waals surface area contributed by atoms with Gasteiger partial charge in [-0.05, 0) is 31.4 Å². The number of nitrogens with zero attached hydrogens (tertiary/aromatic N) is 1. The van der Waals surface area contributed by atoms with Gasteiger partial charge in [0.15, 0.2) is 5.75 Å². The van der Waals surface area contributed by atoms with Crippen LogP contribution in [0.15, 0.2) is 18.2 Å². The summed E-state index contributed by atoms with van der Waals surface area (Å²) >= 11 is 0. The van der Waals surface area contributed by atoms with Crippen LogP contribution in [0.25, 0.3) is 0 Å². The van der Waals surface area contributed by atoms with Crippen LogP contribution in [-0.2, 0) is 4.79 Å². The maximum atomic E-state index is 11.3. The molecule has 1 aliphatic carbocycles. The summed E-state index contributed by atoms with van der Waals surface area (Å²) in [4.78, 5) is 21.8. The highest BCUT2D eigenvalue weighted by molar-refractivity contribution is 5.79. The lowest BCUT2D eigenvalue weighted by Crippen LogP contribution is -2.43. The van der Waals surface area contributed by atoms with Crippen molar-refractivity contribution in [3.63, 3.8) is 0 Å². The third-order valence-corrected chi connectivity index (χ3v) is 3.33. The predicted octanol–water partition coefficient (Wildman–Crippen LogP) is 1.28. The Labute approximate surface area is 122 Å². The summed E-state index contributed by atoms with van der Waals surface area (Å²) in [5.41, 5.74) is 6.05. The molecule has 7 heteroatoms. The first-order valence-corrected chi connectivity index (χ1v) is 6.90. The number of nitrogens with one attached hydrogen (secondary N) is 1. The number of carbonyl (C=O) groups is 1. The van der Waals surface area contributed by atoms with Crippen LogP contribution in [0, 0.1) is 17.0 Å². The number of hydrogen-bond donors (Lipinski definition) is 2. The second kappa shape index (κ2) is 6.53. The molecule has 3 N–H and O–H groups in total. The molecule has 114 valence electrons. The Balaban J connectivity index is 1.92. The van der Waals surface area contributed by atoms with Crippen LogP contribution < -0.4 is 15.8 Å². The van der Waals surface area contributed by atoms with Crippen molar-refractivity contribution in [3.8, 4) is 5.75 Å². The lowest BCUT2D eigenvalue weighted by Gasteiger charge is -2.15. The van der Waals surface area contributed by atoms with E-state index in [4.69, 9.17) is 10.5 Å². The molecule has 0 bridgehead atoms. The van der Waals surface area contributed by atoms with Gasteiger partial charge in [0.25, 0.3) is 0 Å². The SMILES string of the molecule is Cc1ccc(OCCC(NC2CC2)C(N)=O)c([N+](=O)[O-])c1. The minimum atomic E-state index is -0.476. The molecule has 21 heavy (non-hydrogen) atoms. The highest BCUT2D eigenvalue weighted by atomic mass is 16.6. The van der Waals surface area contributed by atoms with E-state index >= 15 is 0 Å². The zero-order chi connectivity index (χ0) is 15.4. The number of nitro benzene ring substituents is 1. The van der Waals surface area contributed by atoms with Gasteiger partial charge >= 0.3 is 5.69 Å². The van der Waals surface area contributed by atoms with Gasteiger partial charge in [0, 0.05) is 18.5 Å². The minimum Gasteiger partial charge on any atom is -0.487 e. The Morgan fingerprint density at radius 3 is 2.86 bits per heavy atom. The van der Waals surface area contributed by atoms with Crippen molar-refractivity contribution in [2.75, 3.05) is 6.61 Å². The van der Waals surface area contributed by atoms with Gasteiger partial charge in [-0.15, -0.1) is 0 Å². The van der Waals surface area contributed by atoms with Crippen molar-refractivity contribution in [2.24, 2.45) is 5.73 Å². The van der Waals surface area contributed by atoms with Crippen molar-refractivity contribution >= 4 is 11.6 Å². The first kappa shape index (κ1) is 15.2. The normalized spacial score (nSPS) is 15.5. The second-order valence-corrected chi connectivity index (χ2v) is 5.26. The average molecular weight is 293 g/mol. The maximum Gasteiger partial charge on any atom is 0.311 e. The molecule has 0 radical (unpaired) electrons. The fourth-order valence-corrected chi connectivity index (χ4v) is 2.02. The molecule has 7 nitrogen and oxygen atoms in total. The number of nitro groups is 1. The molecular formula is C14H19N3O4. The fraction of sp³-hybridized carbons (Fsp3) is 0.500. The summed E-state index contributed by atoms with van der Waals surface area (Å²) in [6, 6.07) is 4.68. The molecule has 1 unspecified atom stereocenters. The summed E-state index contributed by atoms with van der Waals surface area (Å²) in [6.07, 6.45) is 2.49. The zero-order valence-electron chi connectivity index (χ0n) is 11.9. The van der Waals surface area contributed by atoms with E-state index in [0.717, 1.165) is 18.4 Å². The Bertz CT molecular complexity index is 543. The van der Waals surface area contributed by atoms with Crippen LogP contribution in [0.4, 0.5) is 5.69 Å². The van der Waals surface area contributed by atoms with E-state index in [1.165, 1.54) is 6.07 Å². The number of ether oxygens (including phenoxy) is 1. The summed E-state index contributed by atoms with van der Waals surface area (Å²) in [5.74, 6) is -0.218. The highest BCUT2D eigenvalue weighted by Crippen LogP contribution is 2.28. The van der Waals surface area contributed by atoms with Crippen molar-refractivity contribution in [3.05, 3.63) is 33.9 Å². The molecule has 1 aliphatic rings. The molecule has 2 rings (SSSR count). The van der Waals surface area contributed by atoms with Gasteiger partial charge in [-0.1, -0.05) is 6.07 Å². The molecule has 0 aliphatic heterocycles. The lowest BCUT2D eigenvalue weighted by atomic mass is 10.2. The summed E-state index contributed by atoms with van der Waals surface area (Å²) in [5, 5.41) is 14.1. The average Bonchev–Trinajstić information content (AvgIpc) is 3.22. The van der Waals surface area contributed by atoms with Crippen molar-refractivity contribution in [1.82, 2.24) is 5.32 Å². The molecule has 1 saturated carbocycles. The lowest BCUT2D eigenvalue weighted by molar-refractivity contribution is -0.385. The molecule has 1 aromatic rings. The van der Waals surface area contributed by atoms with Gasteiger partial charge in [-0.3, -0.25) is 14.9 Å². The first-order chi connectivity index (χ1) is 9.97. The molecule has 1 amide bonds. The van der Waals surface area contributed by atoms with Crippen molar-refractivity contribution in [2.45, 2.75) is 38.3 Å². The molecule has 0 heterocycles. The molecule has 1 aromatic carbocycles. The highest BCUT2D eigenvalue weighted by Gasteiger charge is 2.27. The number of amides is 1. The minimum absolute atomic E-state index is 0.0687. The number of carbonyl (C=O) groups excluding carboxylic acids is 1. The molecule has 0 saturated heterocycles. The van der Waals surface area contributed by atoms with Gasteiger partial charge in [0.2, 0.25) is 5.91 Å². The van der Waals surface area contributed by atoms with Crippen molar-refractivity contribution < 1.29 is 14.5 Å². The Morgan fingerprint density at radius 2 is 2.29 bits per heavy atom. The first-order valence-electron chi connectivity index (χ1n) is 6.90. The van der Waals surface area contributed by atoms with Gasteiger partial charge in [-0.2, -0.15) is 0 Å². The molecule has 1 atom stereocenters. The number of primary amides is 1. The quantitative estimate of drug-likeness (QED) is 0.554. The summed E-state index contributed by atoms with van der Waals surface area (Å²) in [6.45, 7) is 1.97. The van der Waals surface area contributed by atoms with Crippen LogP contribution >= 0.6 is 0 Å². The van der Waals surface area contributed by atoms with Crippen LogP contribution in [0.2, 0.25) is 0 Å². The molecule has 0 spiro atoms. The van der Waals surface area contributed by atoms with Crippen LogP contribution in [0.3, 0.4) is 0 Å². The third-order valence-electron chi connectivity index (χ3n) is 3.33. The monoisotopic (exact) mass is 293 g/mol. The Hall–Kier alpha value is -2.15. The van der Waals surface area contributed by atoms with Gasteiger partial charge < -0.3 is 15.8 Å². The molecule has 1 fully saturated rings. The van der Waals surface area contributed by atoms with Crippen LogP contribution in [-0.4, -0.2) is 29.5 Å². The van der Waals surface area contributed by atoms with Crippen molar-refractivity contribution in [1.29, 1.82) is 0 Å². The predicted molar refractivity (Wildman–Crippen MR) is 77.1 cm³/mol. The Kier molecular flexibility index (Phi) is 4.74. The maximum absolute atomic E-state index is 11.3. The largest absolute Gasteiger partial charge is 0.487 e. The van der Waals surface area contributed by atoms with E-state index in [9.17, 15) is 14.9 Å². The van der Waals surface area contributed by atoms with Gasteiger partial charge in [0.05, 0.1) is 17.6 Å². The van der Waals surface area contributed by atoms with E-state index in [2.05, 4.69) is 5.32 Å². The van der Waals surface area contributed by atoms with E-state index in [-0.39, 0.29) is 18.0 Å². The number of aryl methyl sites for hydroxylation is 1. The number of benzene rings is 1. The van der Waals surface area contributed by atoms with E-state index in [1.807, 2.05) is 0 Å². The zero-order valence-corrected chi connectivity index (χ0v) is 11.9. The smallest absolute Gasteiger partial charge is 0.311 e. The standard InChI is InChI=1S/C14H19N3O4/c1-9-2-5-13(12(8-9)17(19)20)21-7-6-11(14(15)18)16-10-3-4-10/h2,5,8,10-11,16H,3-4,6-7H2,1H3,(H2,15,18). The number of hydrogen-bond acceptors (Lipinski definition) is 5. The number of nitrogens with two attached hydrogens (primary N) is 1. The van der Waals surface area contributed by atoms with Gasteiger partial charge in [0.1, 0.15) is 0 Å². The van der Waals surface area contributed by atoms with E-state index < -0.39 is 16.9 Å². The molecular weight excluding hydrogens is 274 g/mol. The third kappa shape index (κ3) is 4.42. The topological polar surface area (TPSA) is 107 Å².